The molecule has 0 radical (unpaired) electrons. The van der Waals surface area contributed by atoms with Gasteiger partial charge in [0.15, 0.2) is 15.8 Å². The number of nitrogens with one attached hydrogen (secondary N) is 2. The standard InChI is InChI=1S/C19H27F2N5O3S.HI/c1-22-19(23-6-4-18(27)24-15-5-11-30(28,29)13-15)26-9-7-25(8-10-26)17-12-14(20)2-3-16(17)21;/h2-3,12,15H,4-11,13H2,1H3,(H,22,23)(H,24,27);1H. The third-order valence-corrected chi connectivity index (χ3v) is 7.04. The van der Waals surface area contributed by atoms with Crippen molar-refractivity contribution >= 4 is 51.4 Å². The van der Waals surface area contributed by atoms with Crippen molar-refractivity contribution in [2.75, 3.05) is 56.2 Å². The predicted molar refractivity (Wildman–Crippen MR) is 127 cm³/mol. The van der Waals surface area contributed by atoms with Gasteiger partial charge >= 0.3 is 0 Å². The molecule has 0 bridgehead atoms. The minimum atomic E-state index is -3.03. The highest BCUT2D eigenvalue weighted by Crippen LogP contribution is 2.22. The van der Waals surface area contributed by atoms with Crippen LogP contribution in [0.4, 0.5) is 14.5 Å². The summed E-state index contributed by atoms with van der Waals surface area (Å²) in [5.74, 6) is -0.372. The number of carbonyl (C=O) groups excluding carboxylic acids is 1. The van der Waals surface area contributed by atoms with Crippen LogP contribution >= 0.6 is 24.0 Å². The number of rotatable bonds is 5. The average Bonchev–Trinajstić information content (AvgIpc) is 3.05. The second-order valence-electron chi connectivity index (χ2n) is 7.46. The number of hydrogen-bond acceptors (Lipinski definition) is 5. The Morgan fingerprint density at radius 2 is 1.94 bits per heavy atom. The average molecular weight is 571 g/mol. The number of sulfone groups is 1. The van der Waals surface area contributed by atoms with Gasteiger partial charge in [-0.05, 0) is 18.6 Å². The molecule has 1 aromatic rings. The highest BCUT2D eigenvalue weighted by molar-refractivity contribution is 14.0. The van der Waals surface area contributed by atoms with Gasteiger partial charge in [-0.3, -0.25) is 9.79 Å². The molecule has 1 atom stereocenters. The molecule has 3 rings (SSSR count). The van der Waals surface area contributed by atoms with Gasteiger partial charge in [-0.1, -0.05) is 0 Å². The van der Waals surface area contributed by atoms with Crippen molar-refractivity contribution in [3.05, 3.63) is 29.8 Å². The lowest BCUT2D eigenvalue weighted by Gasteiger charge is -2.37. The van der Waals surface area contributed by atoms with E-state index in [1.807, 2.05) is 4.90 Å². The Balaban J connectivity index is 0.00000341. The van der Waals surface area contributed by atoms with E-state index in [1.54, 1.807) is 11.9 Å². The number of anilines is 1. The fourth-order valence-electron chi connectivity index (χ4n) is 3.72. The van der Waals surface area contributed by atoms with Crippen LogP contribution in [0.25, 0.3) is 0 Å². The minimum absolute atomic E-state index is 0. The van der Waals surface area contributed by atoms with Gasteiger partial charge in [0, 0.05) is 58.3 Å². The van der Waals surface area contributed by atoms with Gasteiger partial charge in [-0.15, -0.1) is 24.0 Å². The van der Waals surface area contributed by atoms with Gasteiger partial charge in [0.1, 0.15) is 11.6 Å². The number of piperazine rings is 1. The quantitative estimate of drug-likeness (QED) is 0.311. The Kier molecular flexibility index (Phi) is 9.28. The molecule has 0 aliphatic carbocycles. The molecule has 31 heavy (non-hydrogen) atoms. The molecule has 2 N–H and O–H groups in total. The Bertz CT molecular complexity index is 908. The second-order valence-corrected chi connectivity index (χ2v) is 9.69. The summed E-state index contributed by atoms with van der Waals surface area (Å²) in [5.41, 5.74) is 0.253. The van der Waals surface area contributed by atoms with Crippen molar-refractivity contribution in [3.8, 4) is 0 Å². The number of guanidine groups is 1. The molecule has 2 aliphatic rings. The van der Waals surface area contributed by atoms with Gasteiger partial charge in [0.25, 0.3) is 0 Å². The lowest BCUT2D eigenvalue weighted by Crippen LogP contribution is -2.53. The first-order chi connectivity index (χ1) is 14.3. The highest BCUT2D eigenvalue weighted by atomic mass is 127. The summed E-state index contributed by atoms with van der Waals surface area (Å²) in [6.45, 7) is 2.52. The van der Waals surface area contributed by atoms with Crippen molar-refractivity contribution in [3.63, 3.8) is 0 Å². The largest absolute Gasteiger partial charge is 0.366 e. The number of amides is 1. The lowest BCUT2D eigenvalue weighted by atomic mass is 10.2. The topological polar surface area (TPSA) is 94.1 Å². The van der Waals surface area contributed by atoms with Crippen LogP contribution in [0, 0.1) is 11.6 Å². The van der Waals surface area contributed by atoms with Crippen LogP contribution in [0.3, 0.4) is 0 Å². The van der Waals surface area contributed by atoms with E-state index in [2.05, 4.69) is 15.6 Å². The molecule has 2 saturated heterocycles. The summed E-state index contributed by atoms with van der Waals surface area (Å²) in [6, 6.07) is 3.12. The van der Waals surface area contributed by atoms with Crippen LogP contribution in [0.1, 0.15) is 12.8 Å². The SMILES string of the molecule is CN=C(NCCC(=O)NC1CCS(=O)(=O)C1)N1CCN(c2cc(F)ccc2F)CC1.I. The Hall–Kier alpha value is -1.70. The third-order valence-electron chi connectivity index (χ3n) is 5.27. The maximum atomic E-state index is 14.0. The number of hydrogen-bond donors (Lipinski definition) is 2. The minimum Gasteiger partial charge on any atom is -0.366 e. The van der Waals surface area contributed by atoms with Crippen molar-refractivity contribution < 1.29 is 22.0 Å². The molecule has 0 spiro atoms. The van der Waals surface area contributed by atoms with Crippen molar-refractivity contribution in [1.29, 1.82) is 0 Å². The van der Waals surface area contributed by atoms with Crippen LogP contribution in [0.5, 0.6) is 0 Å². The molecule has 1 unspecified atom stereocenters. The highest BCUT2D eigenvalue weighted by Gasteiger charge is 2.28. The summed E-state index contributed by atoms with van der Waals surface area (Å²) in [6.07, 6.45) is 0.656. The van der Waals surface area contributed by atoms with Gasteiger partial charge < -0.3 is 20.4 Å². The number of carbonyl (C=O) groups is 1. The maximum absolute atomic E-state index is 14.0. The van der Waals surface area contributed by atoms with Crippen LogP contribution in [-0.4, -0.2) is 82.5 Å². The normalized spacial score (nSPS) is 20.9. The van der Waals surface area contributed by atoms with Crippen molar-refractivity contribution in [1.82, 2.24) is 15.5 Å². The smallest absolute Gasteiger partial charge is 0.222 e. The van der Waals surface area contributed by atoms with Crippen molar-refractivity contribution in [2.45, 2.75) is 18.9 Å². The predicted octanol–water partition coefficient (Wildman–Crippen LogP) is 0.974. The zero-order chi connectivity index (χ0) is 21.7. The monoisotopic (exact) mass is 571 g/mol. The molecule has 12 heteroatoms. The van der Waals surface area contributed by atoms with E-state index in [4.69, 9.17) is 0 Å². The van der Waals surface area contributed by atoms with Crippen LogP contribution in [0.15, 0.2) is 23.2 Å². The van der Waals surface area contributed by atoms with Gasteiger partial charge in [0.05, 0.1) is 17.2 Å². The molecular formula is C19H28F2IN5O3S. The van der Waals surface area contributed by atoms with Crippen LogP contribution < -0.4 is 15.5 Å². The zero-order valence-corrected chi connectivity index (χ0v) is 20.5. The number of nitrogens with zero attached hydrogens (tertiary/aromatic N) is 3. The van der Waals surface area contributed by atoms with Crippen LogP contribution in [0.2, 0.25) is 0 Å². The summed E-state index contributed by atoms with van der Waals surface area (Å²) in [5, 5.41) is 5.89. The second kappa shape index (κ2) is 11.2. The molecule has 1 amide bonds. The van der Waals surface area contributed by atoms with E-state index in [-0.39, 0.29) is 59.5 Å². The summed E-state index contributed by atoms with van der Waals surface area (Å²) in [7, 11) is -1.38. The van der Waals surface area contributed by atoms with E-state index >= 15 is 0 Å². The first-order valence-electron chi connectivity index (χ1n) is 9.93. The Morgan fingerprint density at radius 3 is 2.55 bits per heavy atom. The molecule has 8 nitrogen and oxygen atoms in total. The summed E-state index contributed by atoms with van der Waals surface area (Å²) >= 11 is 0. The van der Waals surface area contributed by atoms with Gasteiger partial charge in [-0.25, -0.2) is 17.2 Å². The fraction of sp³-hybridized carbons (Fsp3) is 0.579. The lowest BCUT2D eigenvalue weighted by molar-refractivity contribution is -0.121. The first kappa shape index (κ1) is 25.6. The number of benzene rings is 1. The fourth-order valence-corrected chi connectivity index (χ4v) is 5.39. The Morgan fingerprint density at radius 1 is 1.23 bits per heavy atom. The van der Waals surface area contributed by atoms with E-state index in [0.717, 1.165) is 12.1 Å². The molecule has 0 saturated carbocycles. The third kappa shape index (κ3) is 7.16. The van der Waals surface area contributed by atoms with E-state index < -0.39 is 21.5 Å². The van der Waals surface area contributed by atoms with Crippen LogP contribution in [-0.2, 0) is 14.6 Å². The molecule has 2 heterocycles. The van der Waals surface area contributed by atoms with E-state index in [0.29, 0.717) is 45.1 Å². The summed E-state index contributed by atoms with van der Waals surface area (Å²) < 4.78 is 50.3. The van der Waals surface area contributed by atoms with Gasteiger partial charge in [-0.2, -0.15) is 0 Å². The molecular weight excluding hydrogens is 543 g/mol. The van der Waals surface area contributed by atoms with E-state index in [9.17, 15) is 22.0 Å². The summed E-state index contributed by atoms with van der Waals surface area (Å²) in [4.78, 5) is 20.1. The molecule has 2 fully saturated rings. The van der Waals surface area contributed by atoms with Gasteiger partial charge in [0.2, 0.25) is 5.91 Å². The molecule has 1 aromatic carbocycles. The number of halogens is 3. The Labute approximate surface area is 198 Å². The molecule has 0 aromatic heterocycles. The maximum Gasteiger partial charge on any atom is 0.222 e. The van der Waals surface area contributed by atoms with Crippen molar-refractivity contribution in [2.24, 2.45) is 4.99 Å². The molecule has 2 aliphatic heterocycles. The molecule has 174 valence electrons. The first-order valence-corrected chi connectivity index (χ1v) is 11.7. The zero-order valence-electron chi connectivity index (χ0n) is 17.3. The van der Waals surface area contributed by atoms with E-state index in [1.165, 1.54) is 6.07 Å². The number of aliphatic imine (C=N–C) groups is 1.